The summed E-state index contributed by atoms with van der Waals surface area (Å²) in [5.41, 5.74) is 3.06. The quantitative estimate of drug-likeness (QED) is 0.316. The first kappa shape index (κ1) is 24.6. The molecule has 188 valence electrons. The van der Waals surface area contributed by atoms with Crippen molar-refractivity contribution in [1.82, 2.24) is 25.1 Å². The van der Waals surface area contributed by atoms with E-state index in [-0.39, 0.29) is 17.1 Å². The van der Waals surface area contributed by atoms with Crippen molar-refractivity contribution in [3.8, 4) is 17.3 Å². The number of para-hydroxylation sites is 1. The summed E-state index contributed by atoms with van der Waals surface area (Å²) in [7, 11) is 2.87. The number of carbonyl (C=O) groups excluding carboxylic acids is 1. The molecule has 0 saturated heterocycles. The number of rotatable bonds is 7. The minimum Gasteiger partial charge on any atom is -0.491 e. The fourth-order valence-electron chi connectivity index (χ4n) is 3.98. The Bertz CT molecular complexity index is 1560. The molecule has 4 aromatic rings. The van der Waals surface area contributed by atoms with Gasteiger partial charge in [-0.1, -0.05) is 41.4 Å². The maximum Gasteiger partial charge on any atom is 0.339 e. The largest absolute Gasteiger partial charge is 0.491 e. The van der Waals surface area contributed by atoms with Gasteiger partial charge in [-0.2, -0.15) is 5.10 Å². The molecule has 37 heavy (non-hydrogen) atoms. The van der Waals surface area contributed by atoms with Crippen LogP contribution in [0.1, 0.15) is 15.9 Å². The van der Waals surface area contributed by atoms with E-state index in [0.29, 0.717) is 40.2 Å². The first-order valence-corrected chi connectivity index (χ1v) is 12.0. The Labute approximate surface area is 222 Å². The van der Waals surface area contributed by atoms with Gasteiger partial charge in [0.15, 0.2) is 17.4 Å². The standard InChI is InChI=1S/C26H22Cl2N6O3/c1-36-21-13-30-25(32-24(21)31-15-9-11-29-12-10-15)23-16-5-3-4-6-20(16)34(33-23)14-18-19(27)8-7-17(22(18)28)26(35)37-2/h3-11,13,29H,12,14H2,1-2H3,(H,30,31,32). The van der Waals surface area contributed by atoms with Gasteiger partial charge in [-0.3, -0.25) is 4.68 Å². The van der Waals surface area contributed by atoms with Gasteiger partial charge in [-0.25, -0.2) is 14.8 Å². The minimum absolute atomic E-state index is 0.217. The summed E-state index contributed by atoms with van der Waals surface area (Å²) in [6.07, 6.45) is 7.38. The summed E-state index contributed by atoms with van der Waals surface area (Å²) in [4.78, 5) is 21.4. The van der Waals surface area contributed by atoms with E-state index in [9.17, 15) is 4.79 Å². The molecule has 0 amide bonds. The van der Waals surface area contributed by atoms with Crippen LogP contribution in [0.3, 0.4) is 0 Å². The summed E-state index contributed by atoms with van der Waals surface area (Å²) in [6.45, 7) is 0.922. The molecular formula is C26H22Cl2N6O3. The Morgan fingerprint density at radius 2 is 2.03 bits per heavy atom. The second-order valence-electron chi connectivity index (χ2n) is 8.04. The van der Waals surface area contributed by atoms with Gasteiger partial charge in [-0.15, -0.1) is 0 Å². The number of hydrogen-bond acceptors (Lipinski definition) is 8. The molecule has 2 aromatic carbocycles. The number of halogens is 2. The smallest absolute Gasteiger partial charge is 0.339 e. The molecule has 0 radical (unpaired) electrons. The maximum absolute atomic E-state index is 12.2. The van der Waals surface area contributed by atoms with Crippen LogP contribution in [0.15, 0.2) is 66.6 Å². The number of anilines is 1. The first-order valence-electron chi connectivity index (χ1n) is 11.3. The molecule has 0 spiro atoms. The van der Waals surface area contributed by atoms with Crippen LogP contribution in [0.5, 0.6) is 5.75 Å². The molecule has 2 aromatic heterocycles. The fourth-order valence-corrected chi connectivity index (χ4v) is 4.55. The molecule has 0 saturated carbocycles. The predicted octanol–water partition coefficient (Wildman–Crippen LogP) is 5.06. The van der Waals surface area contributed by atoms with Crippen molar-refractivity contribution in [2.24, 2.45) is 0 Å². The number of carbonyl (C=O) groups is 1. The van der Waals surface area contributed by atoms with Gasteiger partial charge in [0.2, 0.25) is 0 Å². The van der Waals surface area contributed by atoms with Gasteiger partial charge in [0.1, 0.15) is 5.69 Å². The van der Waals surface area contributed by atoms with E-state index in [2.05, 4.69) is 15.6 Å². The minimum atomic E-state index is -0.542. The number of hydrogen-bond donors (Lipinski definition) is 2. The van der Waals surface area contributed by atoms with E-state index in [4.69, 9.17) is 42.8 Å². The number of nitrogens with one attached hydrogen (secondary N) is 2. The van der Waals surface area contributed by atoms with Crippen molar-refractivity contribution < 1.29 is 14.3 Å². The molecule has 0 fully saturated rings. The second kappa shape index (κ2) is 10.5. The lowest BCUT2D eigenvalue weighted by molar-refractivity contribution is 0.0601. The van der Waals surface area contributed by atoms with Crippen LogP contribution in [0.25, 0.3) is 22.4 Å². The van der Waals surface area contributed by atoms with Gasteiger partial charge in [0.25, 0.3) is 0 Å². The summed E-state index contributed by atoms with van der Waals surface area (Å²) in [6, 6.07) is 10.9. The highest BCUT2D eigenvalue weighted by molar-refractivity contribution is 6.38. The molecule has 0 unspecified atom stereocenters. The van der Waals surface area contributed by atoms with Crippen molar-refractivity contribution >= 4 is 45.9 Å². The lowest BCUT2D eigenvalue weighted by Crippen LogP contribution is -2.13. The number of dihydropyridines is 1. The lowest BCUT2D eigenvalue weighted by atomic mass is 10.1. The van der Waals surface area contributed by atoms with Gasteiger partial charge in [0, 0.05) is 28.2 Å². The Kier molecular flexibility index (Phi) is 6.98. The molecule has 11 heteroatoms. The Morgan fingerprint density at radius 1 is 1.19 bits per heavy atom. The number of fused-ring (bicyclic) bond motifs is 1. The molecular weight excluding hydrogens is 515 g/mol. The van der Waals surface area contributed by atoms with Gasteiger partial charge < -0.3 is 20.1 Å². The van der Waals surface area contributed by atoms with Crippen LogP contribution in [0, 0.1) is 0 Å². The highest BCUT2D eigenvalue weighted by Crippen LogP contribution is 2.33. The topological polar surface area (TPSA) is 103 Å². The van der Waals surface area contributed by atoms with Gasteiger partial charge in [0.05, 0.1) is 43.1 Å². The third kappa shape index (κ3) is 4.83. The number of ether oxygens (including phenoxy) is 2. The molecule has 2 N–H and O–H groups in total. The summed E-state index contributed by atoms with van der Waals surface area (Å²) < 4.78 is 12.1. The van der Waals surface area contributed by atoms with Crippen LogP contribution in [-0.4, -0.2) is 46.5 Å². The summed E-state index contributed by atoms with van der Waals surface area (Å²) in [5.74, 6) is 0.885. The van der Waals surface area contributed by atoms with E-state index in [0.717, 1.165) is 16.6 Å². The summed E-state index contributed by atoms with van der Waals surface area (Å²) >= 11 is 13.1. The van der Waals surface area contributed by atoms with Crippen LogP contribution >= 0.6 is 23.2 Å². The Balaban J connectivity index is 1.58. The van der Waals surface area contributed by atoms with Crippen molar-refractivity contribution in [2.75, 3.05) is 26.1 Å². The molecule has 0 atom stereocenters. The van der Waals surface area contributed by atoms with E-state index in [1.165, 1.54) is 7.11 Å². The average molecular weight is 537 g/mol. The number of methoxy groups -OCH3 is 2. The Morgan fingerprint density at radius 3 is 2.78 bits per heavy atom. The van der Waals surface area contributed by atoms with Crippen LogP contribution in [0.4, 0.5) is 5.82 Å². The zero-order chi connectivity index (χ0) is 25.9. The van der Waals surface area contributed by atoms with Crippen LogP contribution < -0.4 is 15.4 Å². The summed E-state index contributed by atoms with van der Waals surface area (Å²) in [5, 5.41) is 12.7. The highest BCUT2D eigenvalue weighted by atomic mass is 35.5. The van der Waals surface area contributed by atoms with Crippen LogP contribution in [0.2, 0.25) is 10.0 Å². The third-order valence-corrected chi connectivity index (χ3v) is 6.61. The van der Waals surface area contributed by atoms with E-state index >= 15 is 0 Å². The number of nitrogens with zero attached hydrogens (tertiary/aromatic N) is 4. The predicted molar refractivity (Wildman–Crippen MR) is 143 cm³/mol. The SMILES string of the molecule is COC(=O)c1ccc(Cl)c(Cn2nc(-c3ncc(OC)c(NC4=CCNC=C4)n3)c3ccccc32)c1Cl. The molecule has 3 heterocycles. The lowest BCUT2D eigenvalue weighted by Gasteiger charge is -2.13. The van der Waals surface area contributed by atoms with E-state index < -0.39 is 5.97 Å². The zero-order valence-electron chi connectivity index (χ0n) is 20.0. The van der Waals surface area contributed by atoms with E-state index in [1.54, 1.807) is 30.1 Å². The average Bonchev–Trinajstić information content (AvgIpc) is 3.29. The highest BCUT2D eigenvalue weighted by Gasteiger charge is 2.21. The monoisotopic (exact) mass is 536 g/mol. The fraction of sp³-hybridized carbons (Fsp3) is 0.154. The third-order valence-electron chi connectivity index (χ3n) is 5.83. The molecule has 1 aliphatic heterocycles. The van der Waals surface area contributed by atoms with Gasteiger partial charge in [-0.05, 0) is 36.6 Å². The second-order valence-corrected chi connectivity index (χ2v) is 8.82. The number of allylic oxidation sites excluding steroid dienone is 1. The van der Waals surface area contributed by atoms with Crippen molar-refractivity contribution in [2.45, 2.75) is 6.54 Å². The molecule has 0 bridgehead atoms. The molecule has 9 nitrogen and oxygen atoms in total. The van der Waals surface area contributed by atoms with Crippen LogP contribution in [-0.2, 0) is 11.3 Å². The maximum atomic E-state index is 12.2. The number of benzene rings is 2. The van der Waals surface area contributed by atoms with E-state index in [1.807, 2.05) is 42.6 Å². The normalized spacial score (nSPS) is 12.7. The van der Waals surface area contributed by atoms with Gasteiger partial charge >= 0.3 is 5.97 Å². The Hall–Kier alpha value is -4.08. The number of esters is 1. The first-order chi connectivity index (χ1) is 18.0. The van der Waals surface area contributed by atoms with Crippen molar-refractivity contribution in [3.63, 3.8) is 0 Å². The van der Waals surface area contributed by atoms with Crippen molar-refractivity contribution in [3.05, 3.63) is 87.8 Å². The molecule has 0 aliphatic carbocycles. The zero-order valence-corrected chi connectivity index (χ0v) is 21.5. The van der Waals surface area contributed by atoms with Crippen molar-refractivity contribution in [1.29, 1.82) is 0 Å². The molecule has 5 rings (SSSR count). The number of aromatic nitrogens is 4. The molecule has 1 aliphatic rings.